The van der Waals surface area contributed by atoms with Crippen molar-refractivity contribution in [3.8, 4) is 11.5 Å². The van der Waals surface area contributed by atoms with E-state index in [2.05, 4.69) is 5.43 Å². The maximum Gasteiger partial charge on any atom is 0.282 e. The van der Waals surface area contributed by atoms with Crippen LogP contribution in [0.15, 0.2) is 84.4 Å². The van der Waals surface area contributed by atoms with Crippen molar-refractivity contribution >= 4 is 23.6 Å². The van der Waals surface area contributed by atoms with E-state index < -0.39 is 11.8 Å². The molecule has 150 valence electrons. The lowest BCUT2D eigenvalue weighted by Crippen LogP contribution is -2.35. The fourth-order valence-corrected chi connectivity index (χ4v) is 3.16. The quantitative estimate of drug-likeness (QED) is 0.506. The van der Waals surface area contributed by atoms with Crippen LogP contribution in [0.4, 0.5) is 5.69 Å². The molecule has 0 unspecified atom stereocenters. The van der Waals surface area contributed by atoms with E-state index >= 15 is 0 Å². The van der Waals surface area contributed by atoms with Crippen LogP contribution in [0.1, 0.15) is 11.1 Å². The van der Waals surface area contributed by atoms with Crippen molar-refractivity contribution in [1.82, 2.24) is 5.43 Å². The van der Waals surface area contributed by atoms with Gasteiger partial charge in [0.25, 0.3) is 11.8 Å². The summed E-state index contributed by atoms with van der Waals surface area (Å²) in [5, 5.41) is 1.23. The third-order valence-corrected chi connectivity index (χ3v) is 4.66. The van der Waals surface area contributed by atoms with Gasteiger partial charge in [-0.3, -0.25) is 15.0 Å². The second-order valence-corrected chi connectivity index (χ2v) is 6.63. The first-order chi connectivity index (χ1) is 14.7. The van der Waals surface area contributed by atoms with Crippen LogP contribution in [0.3, 0.4) is 0 Å². The highest BCUT2D eigenvalue weighted by atomic mass is 16.5. The topological polar surface area (TPSA) is 67.9 Å². The molecular formula is C24H20N2O4. The lowest BCUT2D eigenvalue weighted by Gasteiger charge is -2.14. The van der Waals surface area contributed by atoms with Gasteiger partial charge in [0.1, 0.15) is 12.2 Å². The van der Waals surface area contributed by atoms with Gasteiger partial charge < -0.3 is 9.47 Å². The number of carbonyl (C=O) groups is 2. The molecule has 1 aliphatic rings. The third-order valence-electron chi connectivity index (χ3n) is 4.66. The van der Waals surface area contributed by atoms with E-state index in [9.17, 15) is 9.59 Å². The smallest absolute Gasteiger partial charge is 0.282 e. The van der Waals surface area contributed by atoms with E-state index in [1.807, 2.05) is 36.4 Å². The molecule has 0 aliphatic carbocycles. The molecule has 1 aliphatic heterocycles. The van der Waals surface area contributed by atoms with Gasteiger partial charge in [-0.25, -0.2) is 5.01 Å². The van der Waals surface area contributed by atoms with Crippen molar-refractivity contribution < 1.29 is 19.1 Å². The highest BCUT2D eigenvalue weighted by molar-refractivity contribution is 6.31. The summed E-state index contributed by atoms with van der Waals surface area (Å²) in [5.41, 5.74) is 4.79. The summed E-state index contributed by atoms with van der Waals surface area (Å²) in [6.45, 7) is 0.327. The number of ether oxygens (including phenoxy) is 2. The molecule has 0 radical (unpaired) electrons. The van der Waals surface area contributed by atoms with Gasteiger partial charge in [-0.2, -0.15) is 0 Å². The van der Waals surface area contributed by atoms with Gasteiger partial charge >= 0.3 is 0 Å². The molecule has 1 N–H and O–H groups in total. The Labute approximate surface area is 174 Å². The fraction of sp³-hybridized carbons (Fsp3) is 0.0833. The molecule has 1 heterocycles. The van der Waals surface area contributed by atoms with Gasteiger partial charge in [0.15, 0.2) is 11.5 Å². The van der Waals surface area contributed by atoms with E-state index in [1.165, 1.54) is 11.1 Å². The second-order valence-electron chi connectivity index (χ2n) is 6.63. The normalized spacial score (nSPS) is 14.7. The summed E-state index contributed by atoms with van der Waals surface area (Å²) in [6, 6.07) is 24.0. The van der Waals surface area contributed by atoms with Gasteiger partial charge in [-0.05, 0) is 29.8 Å². The van der Waals surface area contributed by atoms with Crippen LogP contribution in [0.25, 0.3) is 6.08 Å². The monoisotopic (exact) mass is 400 g/mol. The Morgan fingerprint density at radius 3 is 2.30 bits per heavy atom. The van der Waals surface area contributed by atoms with Gasteiger partial charge in [0.05, 0.1) is 12.8 Å². The summed E-state index contributed by atoms with van der Waals surface area (Å²) < 4.78 is 11.4. The van der Waals surface area contributed by atoms with E-state index in [-0.39, 0.29) is 5.57 Å². The predicted octanol–water partition coefficient (Wildman–Crippen LogP) is 3.74. The van der Waals surface area contributed by atoms with E-state index in [4.69, 9.17) is 9.47 Å². The average Bonchev–Trinajstić information content (AvgIpc) is 3.07. The van der Waals surface area contributed by atoms with Crippen LogP contribution in [0, 0.1) is 0 Å². The lowest BCUT2D eigenvalue weighted by molar-refractivity contribution is -0.117. The fourth-order valence-electron chi connectivity index (χ4n) is 3.16. The Bertz CT molecular complexity index is 1090. The second kappa shape index (κ2) is 8.53. The molecule has 0 spiro atoms. The van der Waals surface area contributed by atoms with E-state index in [0.29, 0.717) is 29.4 Å². The maximum atomic E-state index is 12.9. The van der Waals surface area contributed by atoms with Crippen molar-refractivity contribution in [2.45, 2.75) is 6.61 Å². The van der Waals surface area contributed by atoms with Crippen molar-refractivity contribution in [3.05, 3.63) is 95.6 Å². The Kier molecular flexibility index (Phi) is 5.48. The molecule has 3 aromatic carbocycles. The molecule has 1 fully saturated rings. The number of benzene rings is 3. The van der Waals surface area contributed by atoms with E-state index in [1.54, 1.807) is 49.6 Å². The summed E-state index contributed by atoms with van der Waals surface area (Å²) in [6.07, 6.45) is 1.53. The number of rotatable bonds is 6. The van der Waals surface area contributed by atoms with Crippen molar-refractivity contribution in [2.75, 3.05) is 12.1 Å². The zero-order valence-electron chi connectivity index (χ0n) is 16.4. The van der Waals surface area contributed by atoms with Crippen LogP contribution in [-0.4, -0.2) is 18.9 Å². The number of hydrogen-bond acceptors (Lipinski definition) is 4. The summed E-state index contributed by atoms with van der Waals surface area (Å²) in [4.78, 5) is 25.4. The largest absolute Gasteiger partial charge is 0.493 e. The SMILES string of the molecule is COc1cccc(/C=C2/C(=O)NN(c3ccccc3)C2=O)c1OCc1ccccc1. The number of hydrogen-bond donors (Lipinski definition) is 1. The molecule has 6 heteroatoms. The van der Waals surface area contributed by atoms with Crippen molar-refractivity contribution in [1.29, 1.82) is 0 Å². The molecule has 2 amide bonds. The van der Waals surface area contributed by atoms with Crippen LogP contribution < -0.4 is 19.9 Å². The van der Waals surface area contributed by atoms with Crippen LogP contribution in [0.5, 0.6) is 11.5 Å². The Balaban J connectivity index is 1.66. The molecule has 3 aromatic rings. The number of anilines is 1. The molecule has 30 heavy (non-hydrogen) atoms. The standard InChI is InChI=1S/C24H20N2O4/c1-29-21-14-8-11-18(22(21)30-16-17-9-4-2-5-10-17)15-20-23(27)25-26(24(20)28)19-12-6-3-7-13-19/h2-15H,16H2,1H3,(H,25,27)/b20-15-. The minimum Gasteiger partial charge on any atom is -0.493 e. The highest BCUT2D eigenvalue weighted by Gasteiger charge is 2.34. The lowest BCUT2D eigenvalue weighted by atomic mass is 10.1. The molecule has 0 saturated carbocycles. The molecule has 6 nitrogen and oxygen atoms in total. The molecule has 0 aromatic heterocycles. The number of para-hydroxylation sites is 2. The summed E-state index contributed by atoms with van der Waals surface area (Å²) >= 11 is 0. The maximum absolute atomic E-state index is 12.9. The molecular weight excluding hydrogens is 380 g/mol. The highest BCUT2D eigenvalue weighted by Crippen LogP contribution is 2.34. The predicted molar refractivity (Wildman–Crippen MR) is 114 cm³/mol. The zero-order valence-corrected chi connectivity index (χ0v) is 16.4. The Hall–Kier alpha value is -4.06. The van der Waals surface area contributed by atoms with Crippen LogP contribution >= 0.6 is 0 Å². The van der Waals surface area contributed by atoms with Gasteiger partial charge in [0, 0.05) is 5.56 Å². The van der Waals surface area contributed by atoms with Gasteiger partial charge in [-0.15, -0.1) is 0 Å². The minimum atomic E-state index is -0.472. The molecule has 1 saturated heterocycles. The number of amides is 2. The zero-order chi connectivity index (χ0) is 20.9. The first kappa shape index (κ1) is 19.3. The van der Waals surface area contributed by atoms with Crippen molar-refractivity contribution in [2.24, 2.45) is 0 Å². The van der Waals surface area contributed by atoms with Gasteiger partial charge in [0.2, 0.25) is 0 Å². The molecule has 0 bridgehead atoms. The molecule has 0 atom stereocenters. The number of carbonyl (C=O) groups excluding carboxylic acids is 2. The minimum absolute atomic E-state index is 0.0247. The van der Waals surface area contributed by atoms with Gasteiger partial charge in [-0.1, -0.05) is 60.7 Å². The number of nitrogens with zero attached hydrogens (tertiary/aromatic N) is 1. The first-order valence-corrected chi connectivity index (χ1v) is 9.43. The van der Waals surface area contributed by atoms with Crippen LogP contribution in [-0.2, 0) is 16.2 Å². The Morgan fingerprint density at radius 1 is 0.900 bits per heavy atom. The average molecular weight is 400 g/mol. The summed E-state index contributed by atoms with van der Waals surface area (Å²) in [5.74, 6) is 0.0878. The number of hydrazine groups is 1. The van der Waals surface area contributed by atoms with Crippen LogP contribution in [0.2, 0.25) is 0 Å². The third kappa shape index (κ3) is 3.89. The van der Waals surface area contributed by atoms with Crippen molar-refractivity contribution in [3.63, 3.8) is 0 Å². The number of nitrogens with one attached hydrogen (secondary N) is 1. The Morgan fingerprint density at radius 2 is 1.60 bits per heavy atom. The summed E-state index contributed by atoms with van der Waals surface area (Å²) in [7, 11) is 1.55. The molecule has 4 rings (SSSR count). The number of methoxy groups -OCH3 is 1. The first-order valence-electron chi connectivity index (χ1n) is 9.43. The van der Waals surface area contributed by atoms with E-state index in [0.717, 1.165) is 5.56 Å².